The Morgan fingerprint density at radius 3 is 2.84 bits per heavy atom. The lowest BCUT2D eigenvalue weighted by Crippen LogP contribution is -2.11. The first kappa shape index (κ1) is 14.2. The Labute approximate surface area is 126 Å². The van der Waals surface area contributed by atoms with Gasteiger partial charge in [-0.05, 0) is 31.5 Å². The molecule has 1 heterocycles. The number of anilines is 2. The number of hydrogen-bond donors (Lipinski definition) is 2. The molecule has 3 nitrogen and oxygen atoms in total. The van der Waals surface area contributed by atoms with Gasteiger partial charge in [-0.1, -0.05) is 30.7 Å². The molecule has 0 atom stereocenters. The molecule has 0 aliphatic rings. The predicted octanol–water partition coefficient (Wildman–Crippen LogP) is 4.05. The van der Waals surface area contributed by atoms with E-state index in [1.807, 2.05) is 6.07 Å². The van der Waals surface area contributed by atoms with Crippen LogP contribution >= 0.6 is 35.2 Å². The number of aromatic nitrogens is 1. The van der Waals surface area contributed by atoms with Crippen LogP contribution in [0.1, 0.15) is 23.1 Å². The second kappa shape index (κ2) is 5.86. The number of aryl methyl sites for hydroxylation is 2. The van der Waals surface area contributed by atoms with Crippen LogP contribution in [0.2, 0.25) is 5.02 Å². The first-order valence-electron chi connectivity index (χ1n) is 5.84. The second-order valence-corrected chi connectivity index (χ2v) is 6.13. The maximum atomic E-state index is 5.96. The van der Waals surface area contributed by atoms with E-state index < -0.39 is 0 Å². The molecule has 0 aliphatic carbocycles. The fourth-order valence-corrected chi connectivity index (χ4v) is 3.01. The molecule has 1 aromatic carbocycles. The Hall–Kier alpha value is -1.17. The van der Waals surface area contributed by atoms with E-state index in [1.54, 1.807) is 23.5 Å². The molecule has 0 bridgehead atoms. The van der Waals surface area contributed by atoms with Crippen molar-refractivity contribution in [3.63, 3.8) is 0 Å². The molecule has 100 valence electrons. The van der Waals surface area contributed by atoms with Crippen molar-refractivity contribution in [2.75, 3.05) is 5.32 Å². The van der Waals surface area contributed by atoms with Gasteiger partial charge in [0.2, 0.25) is 0 Å². The maximum absolute atomic E-state index is 5.96. The molecule has 3 N–H and O–H groups in total. The van der Waals surface area contributed by atoms with Gasteiger partial charge in [-0.25, -0.2) is 4.98 Å². The number of nitrogens with zero attached hydrogens (tertiary/aromatic N) is 1. The predicted molar refractivity (Wildman–Crippen MR) is 86.9 cm³/mol. The van der Waals surface area contributed by atoms with Crippen LogP contribution in [0.3, 0.4) is 0 Å². The lowest BCUT2D eigenvalue weighted by atomic mass is 10.2. The molecular weight excluding hydrogens is 298 g/mol. The molecular formula is C13H14ClN3S2. The van der Waals surface area contributed by atoms with Crippen LogP contribution in [0, 0.1) is 6.92 Å². The number of nitrogens with one attached hydrogen (secondary N) is 1. The Morgan fingerprint density at radius 1 is 1.53 bits per heavy atom. The third-order valence-electron chi connectivity index (χ3n) is 2.72. The number of hydrogen-bond acceptors (Lipinski definition) is 4. The van der Waals surface area contributed by atoms with E-state index in [9.17, 15) is 0 Å². The quantitative estimate of drug-likeness (QED) is 0.837. The second-order valence-electron chi connectivity index (χ2n) is 4.05. The summed E-state index contributed by atoms with van der Waals surface area (Å²) in [4.78, 5) is 6.07. The van der Waals surface area contributed by atoms with E-state index in [0.29, 0.717) is 10.0 Å². The summed E-state index contributed by atoms with van der Waals surface area (Å²) < 4.78 is 0. The summed E-state index contributed by atoms with van der Waals surface area (Å²) >= 11 is 12.6. The molecule has 2 aromatic rings. The highest BCUT2D eigenvalue weighted by atomic mass is 35.5. The van der Waals surface area contributed by atoms with E-state index in [1.165, 1.54) is 4.88 Å². The highest BCUT2D eigenvalue weighted by Gasteiger charge is 2.10. The van der Waals surface area contributed by atoms with Gasteiger partial charge in [0.1, 0.15) is 4.99 Å². The SMILES string of the molecule is CCc1nc(Nc2ccc(Cl)cc2C(N)=S)sc1C. The Bertz CT molecular complexity index is 622. The van der Waals surface area contributed by atoms with Crippen LogP contribution in [0.5, 0.6) is 0 Å². The van der Waals surface area contributed by atoms with Crippen molar-refractivity contribution < 1.29 is 0 Å². The number of halogens is 1. The van der Waals surface area contributed by atoms with Gasteiger partial charge in [-0.2, -0.15) is 0 Å². The summed E-state index contributed by atoms with van der Waals surface area (Å²) in [7, 11) is 0. The molecule has 0 saturated carbocycles. The zero-order valence-electron chi connectivity index (χ0n) is 10.7. The first-order chi connectivity index (χ1) is 9.01. The average Bonchev–Trinajstić information content (AvgIpc) is 2.71. The highest BCUT2D eigenvalue weighted by molar-refractivity contribution is 7.80. The normalized spacial score (nSPS) is 10.5. The lowest BCUT2D eigenvalue weighted by molar-refractivity contribution is 1.05. The molecule has 0 unspecified atom stereocenters. The van der Waals surface area contributed by atoms with Gasteiger partial charge >= 0.3 is 0 Å². The van der Waals surface area contributed by atoms with Crippen molar-refractivity contribution in [1.82, 2.24) is 4.98 Å². The maximum Gasteiger partial charge on any atom is 0.187 e. The average molecular weight is 312 g/mol. The van der Waals surface area contributed by atoms with Crippen LogP contribution in [0.15, 0.2) is 18.2 Å². The minimum Gasteiger partial charge on any atom is -0.389 e. The monoisotopic (exact) mass is 311 g/mol. The third kappa shape index (κ3) is 3.23. The summed E-state index contributed by atoms with van der Waals surface area (Å²) in [5.41, 5.74) is 8.38. The van der Waals surface area contributed by atoms with Crippen LogP contribution in [-0.2, 0) is 6.42 Å². The summed E-state index contributed by atoms with van der Waals surface area (Å²) in [6.45, 7) is 4.16. The van der Waals surface area contributed by atoms with Crippen molar-refractivity contribution >= 4 is 51.0 Å². The number of rotatable bonds is 4. The largest absolute Gasteiger partial charge is 0.389 e. The Balaban J connectivity index is 2.34. The number of benzene rings is 1. The van der Waals surface area contributed by atoms with E-state index in [4.69, 9.17) is 29.6 Å². The molecule has 0 aliphatic heterocycles. The molecule has 0 fully saturated rings. The standard InChI is InChI=1S/C13H14ClN3S2/c1-3-10-7(2)19-13(16-10)17-11-5-4-8(14)6-9(11)12(15)18/h4-6H,3H2,1-2H3,(H2,15,18)(H,16,17). The Kier molecular flexibility index (Phi) is 4.39. The summed E-state index contributed by atoms with van der Waals surface area (Å²) in [6.07, 6.45) is 0.923. The van der Waals surface area contributed by atoms with Crippen molar-refractivity contribution in [2.45, 2.75) is 20.3 Å². The first-order valence-corrected chi connectivity index (χ1v) is 7.44. The van der Waals surface area contributed by atoms with E-state index in [0.717, 1.165) is 28.5 Å². The van der Waals surface area contributed by atoms with Gasteiger partial charge in [-0.3, -0.25) is 0 Å². The minimum absolute atomic E-state index is 0.314. The molecule has 0 amide bonds. The molecule has 0 saturated heterocycles. The fourth-order valence-electron chi connectivity index (χ4n) is 1.75. The van der Waals surface area contributed by atoms with Gasteiger partial charge < -0.3 is 11.1 Å². The number of thiocarbonyl (C=S) groups is 1. The molecule has 0 spiro atoms. The van der Waals surface area contributed by atoms with E-state index in [-0.39, 0.29) is 0 Å². The molecule has 6 heteroatoms. The van der Waals surface area contributed by atoms with Gasteiger partial charge in [0, 0.05) is 15.5 Å². The highest BCUT2D eigenvalue weighted by Crippen LogP contribution is 2.28. The summed E-state index contributed by atoms with van der Waals surface area (Å²) in [6, 6.07) is 5.42. The third-order valence-corrected chi connectivity index (χ3v) is 4.10. The van der Waals surface area contributed by atoms with Crippen LogP contribution in [-0.4, -0.2) is 9.97 Å². The van der Waals surface area contributed by atoms with E-state index in [2.05, 4.69) is 24.1 Å². The lowest BCUT2D eigenvalue weighted by Gasteiger charge is -2.09. The Morgan fingerprint density at radius 2 is 2.26 bits per heavy atom. The van der Waals surface area contributed by atoms with Crippen molar-refractivity contribution in [1.29, 1.82) is 0 Å². The molecule has 0 radical (unpaired) electrons. The smallest absolute Gasteiger partial charge is 0.187 e. The van der Waals surface area contributed by atoms with Gasteiger partial charge in [0.15, 0.2) is 5.13 Å². The zero-order valence-corrected chi connectivity index (χ0v) is 13.0. The van der Waals surface area contributed by atoms with Crippen molar-refractivity contribution in [2.24, 2.45) is 5.73 Å². The van der Waals surface area contributed by atoms with Crippen LogP contribution in [0.4, 0.5) is 10.8 Å². The van der Waals surface area contributed by atoms with Gasteiger partial charge in [0.25, 0.3) is 0 Å². The fraction of sp³-hybridized carbons (Fsp3) is 0.231. The van der Waals surface area contributed by atoms with Crippen LogP contribution < -0.4 is 11.1 Å². The van der Waals surface area contributed by atoms with E-state index >= 15 is 0 Å². The van der Waals surface area contributed by atoms with Crippen LogP contribution in [0.25, 0.3) is 0 Å². The van der Waals surface area contributed by atoms with Crippen molar-refractivity contribution in [3.8, 4) is 0 Å². The molecule has 19 heavy (non-hydrogen) atoms. The van der Waals surface area contributed by atoms with Gasteiger partial charge in [-0.15, -0.1) is 11.3 Å². The topological polar surface area (TPSA) is 50.9 Å². The molecule has 2 rings (SSSR count). The molecule has 1 aromatic heterocycles. The number of thiazole rings is 1. The minimum atomic E-state index is 0.314. The number of nitrogens with two attached hydrogens (primary N) is 1. The summed E-state index contributed by atoms with van der Waals surface area (Å²) in [5, 5.41) is 4.71. The van der Waals surface area contributed by atoms with Gasteiger partial charge in [0.05, 0.1) is 11.4 Å². The van der Waals surface area contributed by atoms with Crippen molar-refractivity contribution in [3.05, 3.63) is 39.4 Å². The summed E-state index contributed by atoms with van der Waals surface area (Å²) in [5.74, 6) is 0. The zero-order chi connectivity index (χ0) is 14.0.